The molecule has 18 heavy (non-hydrogen) atoms. The van der Waals surface area contributed by atoms with Crippen LogP contribution in [0.4, 0.5) is 14.6 Å². The molecule has 2 aromatic rings. The Bertz CT molecular complexity index is 581. The number of rotatable bonds is 3. The van der Waals surface area contributed by atoms with Crippen molar-refractivity contribution in [1.29, 1.82) is 0 Å². The monoisotopic (exact) mass is 253 g/mol. The maximum Gasteiger partial charge on any atom is 0.167 e. The fraction of sp³-hybridized carbons (Fsp3) is 0.250. The number of hydrogen-bond donors (Lipinski definition) is 1. The molecule has 0 aliphatic rings. The first-order valence-corrected chi connectivity index (χ1v) is 5.30. The van der Waals surface area contributed by atoms with Crippen LogP contribution in [-0.4, -0.2) is 16.9 Å². The minimum Gasteiger partial charge on any atom is -0.383 e. The van der Waals surface area contributed by atoms with Crippen LogP contribution in [0.25, 0.3) is 11.1 Å². The maximum atomic E-state index is 13.9. The predicted molar refractivity (Wildman–Crippen MR) is 63.7 cm³/mol. The number of nitrogen functional groups attached to an aromatic ring is 1. The van der Waals surface area contributed by atoms with Gasteiger partial charge in [0.15, 0.2) is 11.6 Å². The Morgan fingerprint density at radius 3 is 2.56 bits per heavy atom. The molecule has 0 fully saturated rings. The van der Waals surface area contributed by atoms with Crippen LogP contribution in [0.5, 0.6) is 0 Å². The van der Waals surface area contributed by atoms with Crippen LogP contribution in [-0.2, 0) is 18.4 Å². The van der Waals surface area contributed by atoms with Gasteiger partial charge in [0.05, 0.1) is 12.8 Å². The minimum atomic E-state index is -0.941. The molecule has 0 aliphatic carbocycles. The lowest BCUT2D eigenvalue weighted by Crippen LogP contribution is -2.01. The molecule has 0 saturated heterocycles. The van der Waals surface area contributed by atoms with Crippen LogP contribution in [0, 0.1) is 11.6 Å². The van der Waals surface area contributed by atoms with Crippen LogP contribution in [0.1, 0.15) is 5.56 Å². The lowest BCUT2D eigenvalue weighted by Gasteiger charge is -2.07. The molecule has 0 bridgehead atoms. The highest BCUT2D eigenvalue weighted by Gasteiger charge is 2.17. The lowest BCUT2D eigenvalue weighted by molar-refractivity contribution is 0.180. The lowest BCUT2D eigenvalue weighted by atomic mass is 10.0. The van der Waals surface area contributed by atoms with E-state index in [0.717, 1.165) is 0 Å². The molecule has 0 aliphatic heterocycles. The smallest absolute Gasteiger partial charge is 0.167 e. The van der Waals surface area contributed by atoms with Crippen molar-refractivity contribution >= 4 is 5.82 Å². The van der Waals surface area contributed by atoms with Crippen molar-refractivity contribution in [3.63, 3.8) is 0 Å². The van der Waals surface area contributed by atoms with Crippen molar-refractivity contribution in [2.24, 2.45) is 7.05 Å². The van der Waals surface area contributed by atoms with Crippen molar-refractivity contribution in [2.75, 3.05) is 12.8 Å². The van der Waals surface area contributed by atoms with Gasteiger partial charge in [-0.2, -0.15) is 5.10 Å². The summed E-state index contributed by atoms with van der Waals surface area (Å²) in [4.78, 5) is 0. The Hall–Kier alpha value is -1.95. The van der Waals surface area contributed by atoms with Crippen LogP contribution < -0.4 is 5.73 Å². The summed E-state index contributed by atoms with van der Waals surface area (Å²) < 4.78 is 33.9. The summed E-state index contributed by atoms with van der Waals surface area (Å²) in [6.07, 6.45) is 1.41. The second-order valence-corrected chi connectivity index (χ2v) is 3.90. The normalized spacial score (nSPS) is 10.9. The Morgan fingerprint density at radius 1 is 1.28 bits per heavy atom. The van der Waals surface area contributed by atoms with Gasteiger partial charge in [0.25, 0.3) is 0 Å². The quantitative estimate of drug-likeness (QED) is 0.911. The largest absolute Gasteiger partial charge is 0.383 e. The zero-order chi connectivity index (χ0) is 13.3. The van der Waals surface area contributed by atoms with Gasteiger partial charge in [0.1, 0.15) is 5.82 Å². The topological polar surface area (TPSA) is 53.1 Å². The van der Waals surface area contributed by atoms with E-state index >= 15 is 0 Å². The third-order valence-corrected chi connectivity index (χ3v) is 2.74. The number of halogens is 2. The summed E-state index contributed by atoms with van der Waals surface area (Å²) in [6, 6.07) is 2.95. The Kier molecular flexibility index (Phi) is 3.29. The van der Waals surface area contributed by atoms with E-state index in [-0.39, 0.29) is 23.6 Å². The summed E-state index contributed by atoms with van der Waals surface area (Å²) >= 11 is 0. The Morgan fingerprint density at radius 2 is 2.00 bits per heavy atom. The number of nitrogens with zero attached hydrogens (tertiary/aromatic N) is 2. The first kappa shape index (κ1) is 12.5. The summed E-state index contributed by atoms with van der Waals surface area (Å²) in [6.45, 7) is 0.0194. The Balaban J connectivity index is 2.53. The van der Waals surface area contributed by atoms with Gasteiger partial charge in [0, 0.05) is 30.8 Å². The molecule has 6 heteroatoms. The van der Waals surface area contributed by atoms with Crippen molar-refractivity contribution in [1.82, 2.24) is 9.78 Å². The SMILES string of the molecule is COCc1ccc(-c2cnn(C)c2N)c(F)c1F. The van der Waals surface area contributed by atoms with E-state index in [4.69, 9.17) is 10.5 Å². The van der Waals surface area contributed by atoms with E-state index in [1.165, 1.54) is 30.1 Å². The van der Waals surface area contributed by atoms with Gasteiger partial charge in [-0.05, 0) is 0 Å². The molecule has 0 unspecified atom stereocenters. The van der Waals surface area contributed by atoms with E-state index in [1.54, 1.807) is 7.05 Å². The zero-order valence-electron chi connectivity index (χ0n) is 10.1. The van der Waals surface area contributed by atoms with E-state index in [1.807, 2.05) is 0 Å². The molecular formula is C12H13F2N3O. The van der Waals surface area contributed by atoms with Crippen molar-refractivity contribution < 1.29 is 13.5 Å². The number of benzene rings is 1. The molecule has 1 heterocycles. The Labute approximate surface area is 103 Å². The molecule has 0 amide bonds. The number of hydrogen-bond acceptors (Lipinski definition) is 3. The van der Waals surface area contributed by atoms with E-state index in [0.29, 0.717) is 5.56 Å². The molecule has 2 rings (SSSR count). The summed E-state index contributed by atoms with van der Waals surface area (Å²) in [5.74, 6) is -1.57. The fourth-order valence-electron chi connectivity index (χ4n) is 1.72. The van der Waals surface area contributed by atoms with Crippen LogP contribution >= 0.6 is 0 Å². The average molecular weight is 253 g/mol. The predicted octanol–water partition coefficient (Wildman–Crippen LogP) is 2.09. The first-order chi connectivity index (χ1) is 8.56. The van der Waals surface area contributed by atoms with Gasteiger partial charge in [-0.1, -0.05) is 12.1 Å². The molecule has 4 nitrogen and oxygen atoms in total. The van der Waals surface area contributed by atoms with Gasteiger partial charge in [0.2, 0.25) is 0 Å². The van der Waals surface area contributed by atoms with Gasteiger partial charge in [-0.25, -0.2) is 8.78 Å². The van der Waals surface area contributed by atoms with Gasteiger partial charge in [-0.15, -0.1) is 0 Å². The minimum absolute atomic E-state index is 0.0194. The number of aromatic nitrogens is 2. The molecule has 0 radical (unpaired) electrons. The van der Waals surface area contributed by atoms with E-state index < -0.39 is 11.6 Å². The van der Waals surface area contributed by atoms with E-state index in [2.05, 4.69) is 5.10 Å². The number of aryl methyl sites for hydroxylation is 1. The molecule has 1 aromatic carbocycles. The molecule has 0 spiro atoms. The van der Waals surface area contributed by atoms with Gasteiger partial charge >= 0.3 is 0 Å². The number of ether oxygens (including phenoxy) is 1. The number of methoxy groups -OCH3 is 1. The second-order valence-electron chi connectivity index (χ2n) is 3.90. The third-order valence-electron chi connectivity index (χ3n) is 2.74. The van der Waals surface area contributed by atoms with Crippen LogP contribution in [0.15, 0.2) is 18.3 Å². The molecule has 0 atom stereocenters. The van der Waals surface area contributed by atoms with Crippen LogP contribution in [0.3, 0.4) is 0 Å². The zero-order valence-corrected chi connectivity index (χ0v) is 10.1. The van der Waals surface area contributed by atoms with Gasteiger partial charge < -0.3 is 10.5 Å². The van der Waals surface area contributed by atoms with Gasteiger partial charge in [-0.3, -0.25) is 4.68 Å². The molecule has 0 saturated carbocycles. The average Bonchev–Trinajstić information content (AvgIpc) is 2.67. The summed E-state index contributed by atoms with van der Waals surface area (Å²) in [5, 5.41) is 3.90. The molecule has 2 N–H and O–H groups in total. The third kappa shape index (κ3) is 1.95. The van der Waals surface area contributed by atoms with Crippen molar-refractivity contribution in [2.45, 2.75) is 6.61 Å². The summed E-state index contributed by atoms with van der Waals surface area (Å²) in [5.41, 5.74) is 6.37. The highest BCUT2D eigenvalue weighted by molar-refractivity contribution is 5.74. The highest BCUT2D eigenvalue weighted by atomic mass is 19.2. The molecule has 1 aromatic heterocycles. The van der Waals surface area contributed by atoms with Crippen LogP contribution in [0.2, 0.25) is 0 Å². The second kappa shape index (κ2) is 4.73. The molecular weight excluding hydrogens is 240 g/mol. The first-order valence-electron chi connectivity index (χ1n) is 5.30. The van der Waals surface area contributed by atoms with E-state index in [9.17, 15) is 8.78 Å². The fourth-order valence-corrected chi connectivity index (χ4v) is 1.72. The molecule has 96 valence electrons. The maximum absolute atomic E-state index is 13.9. The standard InChI is InChI=1S/C12H13F2N3O/c1-17-12(15)9(5-16-17)8-4-3-7(6-18-2)10(13)11(8)14/h3-5H,6,15H2,1-2H3. The summed E-state index contributed by atoms with van der Waals surface area (Å²) in [7, 11) is 3.05. The number of anilines is 1. The number of nitrogens with two attached hydrogens (primary N) is 1. The highest BCUT2D eigenvalue weighted by Crippen LogP contribution is 2.30. The van der Waals surface area contributed by atoms with Crippen molar-refractivity contribution in [3.8, 4) is 11.1 Å². The van der Waals surface area contributed by atoms with Crippen molar-refractivity contribution in [3.05, 3.63) is 35.5 Å².